The molecule has 0 amide bonds. The topological polar surface area (TPSA) is 29.5 Å². The summed E-state index contributed by atoms with van der Waals surface area (Å²) in [5, 5.41) is 9.27. The number of phenols is 1. The smallest absolute Gasteiger partial charge is 0.165 e. The van der Waals surface area contributed by atoms with Gasteiger partial charge in [-0.2, -0.15) is 0 Å². The standard InChI is InChI=1S/C13H10BrFO2/c14-10-4-5-12(15)13(7-10)17-8-9-2-1-3-11(16)6-9/h1-7,16H,8H2. The number of rotatable bonds is 3. The Labute approximate surface area is 107 Å². The Balaban J connectivity index is 2.09. The summed E-state index contributed by atoms with van der Waals surface area (Å²) >= 11 is 3.25. The molecule has 88 valence electrons. The summed E-state index contributed by atoms with van der Waals surface area (Å²) in [7, 11) is 0. The molecule has 0 fully saturated rings. The Morgan fingerprint density at radius 3 is 2.76 bits per heavy atom. The van der Waals surface area contributed by atoms with Gasteiger partial charge in [-0.3, -0.25) is 0 Å². The van der Waals surface area contributed by atoms with Crippen molar-refractivity contribution in [1.29, 1.82) is 0 Å². The van der Waals surface area contributed by atoms with Gasteiger partial charge in [-0.05, 0) is 35.9 Å². The van der Waals surface area contributed by atoms with E-state index in [-0.39, 0.29) is 18.1 Å². The molecule has 4 heteroatoms. The van der Waals surface area contributed by atoms with Crippen LogP contribution < -0.4 is 4.74 Å². The predicted molar refractivity (Wildman–Crippen MR) is 66.5 cm³/mol. The minimum atomic E-state index is -0.409. The number of aromatic hydroxyl groups is 1. The van der Waals surface area contributed by atoms with Gasteiger partial charge >= 0.3 is 0 Å². The van der Waals surface area contributed by atoms with Crippen LogP contribution in [0.4, 0.5) is 4.39 Å². The number of benzene rings is 2. The molecule has 0 bridgehead atoms. The van der Waals surface area contributed by atoms with E-state index in [1.54, 1.807) is 36.4 Å². The predicted octanol–water partition coefficient (Wildman–Crippen LogP) is 3.87. The average Bonchev–Trinajstić information content (AvgIpc) is 2.30. The molecule has 0 aliphatic rings. The molecule has 0 aliphatic heterocycles. The Morgan fingerprint density at radius 1 is 1.18 bits per heavy atom. The van der Waals surface area contributed by atoms with Crippen molar-refractivity contribution in [2.75, 3.05) is 0 Å². The van der Waals surface area contributed by atoms with Crippen LogP contribution in [0.1, 0.15) is 5.56 Å². The molecule has 0 unspecified atom stereocenters. The van der Waals surface area contributed by atoms with Gasteiger partial charge in [-0.1, -0.05) is 28.1 Å². The highest BCUT2D eigenvalue weighted by atomic mass is 79.9. The summed E-state index contributed by atoms with van der Waals surface area (Å²) < 4.78 is 19.5. The molecular weight excluding hydrogens is 287 g/mol. The van der Waals surface area contributed by atoms with Gasteiger partial charge in [0, 0.05) is 4.47 Å². The van der Waals surface area contributed by atoms with Crippen LogP contribution in [0.3, 0.4) is 0 Å². The molecule has 2 aromatic carbocycles. The lowest BCUT2D eigenvalue weighted by Crippen LogP contribution is -1.97. The van der Waals surface area contributed by atoms with Gasteiger partial charge in [-0.25, -0.2) is 4.39 Å². The van der Waals surface area contributed by atoms with Gasteiger partial charge < -0.3 is 9.84 Å². The van der Waals surface area contributed by atoms with Crippen LogP contribution in [0.5, 0.6) is 11.5 Å². The molecule has 0 aromatic heterocycles. The summed E-state index contributed by atoms with van der Waals surface area (Å²) in [6.07, 6.45) is 0. The van der Waals surface area contributed by atoms with E-state index < -0.39 is 5.82 Å². The van der Waals surface area contributed by atoms with Crippen molar-refractivity contribution in [2.24, 2.45) is 0 Å². The first-order chi connectivity index (χ1) is 8.15. The zero-order chi connectivity index (χ0) is 12.3. The third-order valence-electron chi connectivity index (χ3n) is 2.20. The van der Waals surface area contributed by atoms with Crippen molar-refractivity contribution in [3.63, 3.8) is 0 Å². The maximum absolute atomic E-state index is 13.4. The SMILES string of the molecule is Oc1cccc(COc2cc(Br)ccc2F)c1. The molecule has 1 N–H and O–H groups in total. The number of hydrogen-bond donors (Lipinski definition) is 1. The largest absolute Gasteiger partial charge is 0.508 e. The normalized spacial score (nSPS) is 10.2. The number of phenolic OH excluding ortho intramolecular Hbond substituents is 1. The third kappa shape index (κ3) is 3.20. The highest BCUT2D eigenvalue weighted by Crippen LogP contribution is 2.23. The van der Waals surface area contributed by atoms with E-state index in [1.807, 2.05) is 0 Å². The lowest BCUT2D eigenvalue weighted by atomic mass is 10.2. The molecule has 2 rings (SSSR count). The minimum absolute atomic E-state index is 0.167. The van der Waals surface area contributed by atoms with Gasteiger partial charge in [0.1, 0.15) is 12.4 Å². The van der Waals surface area contributed by atoms with E-state index in [0.29, 0.717) is 0 Å². The van der Waals surface area contributed by atoms with Gasteiger partial charge in [-0.15, -0.1) is 0 Å². The second-order valence-electron chi connectivity index (χ2n) is 3.53. The van der Waals surface area contributed by atoms with Crippen LogP contribution in [0.25, 0.3) is 0 Å². The monoisotopic (exact) mass is 296 g/mol. The molecule has 0 spiro atoms. The van der Waals surface area contributed by atoms with Crippen molar-refractivity contribution >= 4 is 15.9 Å². The van der Waals surface area contributed by atoms with E-state index in [2.05, 4.69) is 15.9 Å². The summed E-state index contributed by atoms with van der Waals surface area (Å²) in [6.45, 7) is 0.210. The Kier molecular flexibility index (Phi) is 3.64. The van der Waals surface area contributed by atoms with E-state index in [0.717, 1.165) is 10.0 Å². The zero-order valence-corrected chi connectivity index (χ0v) is 10.4. The molecule has 0 saturated heterocycles. The summed E-state index contributed by atoms with van der Waals surface area (Å²) in [6, 6.07) is 11.2. The second-order valence-corrected chi connectivity index (χ2v) is 4.45. The fourth-order valence-electron chi connectivity index (χ4n) is 1.40. The molecular formula is C13H10BrFO2. The van der Waals surface area contributed by atoms with Crippen LogP contribution in [0, 0.1) is 5.82 Å². The van der Waals surface area contributed by atoms with E-state index in [4.69, 9.17) is 4.74 Å². The fraction of sp³-hybridized carbons (Fsp3) is 0.0769. The van der Waals surface area contributed by atoms with Gasteiger partial charge in [0.25, 0.3) is 0 Å². The lowest BCUT2D eigenvalue weighted by molar-refractivity contribution is 0.289. The average molecular weight is 297 g/mol. The quantitative estimate of drug-likeness (QED) is 0.931. The molecule has 0 atom stereocenters. The maximum atomic E-state index is 13.4. The number of ether oxygens (including phenoxy) is 1. The maximum Gasteiger partial charge on any atom is 0.165 e. The van der Waals surface area contributed by atoms with Crippen molar-refractivity contribution < 1.29 is 14.2 Å². The third-order valence-corrected chi connectivity index (χ3v) is 2.69. The lowest BCUT2D eigenvalue weighted by Gasteiger charge is -2.07. The number of hydrogen-bond acceptors (Lipinski definition) is 2. The highest BCUT2D eigenvalue weighted by molar-refractivity contribution is 9.10. The molecule has 2 aromatic rings. The van der Waals surface area contributed by atoms with Crippen molar-refractivity contribution in [2.45, 2.75) is 6.61 Å². The first-order valence-electron chi connectivity index (χ1n) is 5.01. The molecule has 17 heavy (non-hydrogen) atoms. The van der Waals surface area contributed by atoms with Gasteiger partial charge in [0.05, 0.1) is 0 Å². The van der Waals surface area contributed by atoms with Crippen molar-refractivity contribution in [3.8, 4) is 11.5 Å². The van der Waals surface area contributed by atoms with Crippen LogP contribution in [0.15, 0.2) is 46.9 Å². The Morgan fingerprint density at radius 2 is 2.00 bits per heavy atom. The van der Waals surface area contributed by atoms with Crippen LogP contribution in [-0.4, -0.2) is 5.11 Å². The van der Waals surface area contributed by atoms with Gasteiger partial charge in [0.15, 0.2) is 11.6 Å². The summed E-state index contributed by atoms with van der Waals surface area (Å²) in [5.74, 6) is -0.0584. The Hall–Kier alpha value is -1.55. The number of halogens is 2. The minimum Gasteiger partial charge on any atom is -0.508 e. The van der Waals surface area contributed by atoms with Crippen LogP contribution >= 0.6 is 15.9 Å². The zero-order valence-electron chi connectivity index (χ0n) is 8.86. The van der Waals surface area contributed by atoms with Gasteiger partial charge in [0.2, 0.25) is 0 Å². The first kappa shape index (κ1) is 11.9. The fourth-order valence-corrected chi connectivity index (χ4v) is 1.74. The van der Waals surface area contributed by atoms with Crippen molar-refractivity contribution in [1.82, 2.24) is 0 Å². The molecule has 2 nitrogen and oxygen atoms in total. The van der Waals surface area contributed by atoms with Crippen LogP contribution in [0.2, 0.25) is 0 Å². The molecule has 0 saturated carbocycles. The van der Waals surface area contributed by atoms with Crippen LogP contribution in [-0.2, 0) is 6.61 Å². The highest BCUT2D eigenvalue weighted by Gasteiger charge is 2.04. The molecule has 0 radical (unpaired) electrons. The molecule has 0 aliphatic carbocycles. The second kappa shape index (κ2) is 5.19. The Bertz CT molecular complexity index is 529. The van der Waals surface area contributed by atoms with E-state index in [1.165, 1.54) is 6.07 Å². The summed E-state index contributed by atoms with van der Waals surface area (Å²) in [5.41, 5.74) is 0.782. The van der Waals surface area contributed by atoms with Crippen molar-refractivity contribution in [3.05, 3.63) is 58.3 Å². The first-order valence-corrected chi connectivity index (χ1v) is 5.80. The van der Waals surface area contributed by atoms with E-state index in [9.17, 15) is 9.50 Å². The summed E-state index contributed by atoms with van der Waals surface area (Å²) in [4.78, 5) is 0. The molecule has 0 heterocycles. The van der Waals surface area contributed by atoms with E-state index >= 15 is 0 Å².